The molecule has 1 aromatic rings. The minimum atomic E-state index is -0.398. The minimum absolute atomic E-state index is 0.000283. The lowest BCUT2D eigenvalue weighted by Gasteiger charge is -2.26. The number of likely N-dealkylation sites (tertiary alicyclic amines) is 1. The number of halogens is 1. The second-order valence-corrected chi connectivity index (χ2v) is 7.47. The van der Waals surface area contributed by atoms with Crippen molar-refractivity contribution in [2.45, 2.75) is 44.6 Å². The van der Waals surface area contributed by atoms with Crippen molar-refractivity contribution in [1.29, 1.82) is 0 Å². The Morgan fingerprint density at radius 1 is 1.38 bits per heavy atom. The molecule has 3 fully saturated rings. The molecule has 4 rings (SSSR count). The maximum atomic E-state index is 12.9. The second kappa shape index (κ2) is 5.83. The lowest BCUT2D eigenvalue weighted by molar-refractivity contribution is -0.130. The summed E-state index contributed by atoms with van der Waals surface area (Å²) in [4.78, 5) is 30.5. The van der Waals surface area contributed by atoms with Crippen LogP contribution < -0.4 is 5.32 Å². The van der Waals surface area contributed by atoms with Crippen LogP contribution in [0.3, 0.4) is 0 Å². The van der Waals surface area contributed by atoms with Crippen LogP contribution in [0.1, 0.15) is 37.8 Å². The third kappa shape index (κ3) is 2.89. The number of nitrogens with one attached hydrogen (secondary N) is 1. The van der Waals surface area contributed by atoms with E-state index >= 15 is 0 Å². The van der Waals surface area contributed by atoms with Crippen LogP contribution in [0.25, 0.3) is 0 Å². The molecule has 1 spiro atoms. The first-order valence-electron chi connectivity index (χ1n) is 8.74. The first-order chi connectivity index (χ1) is 11.6. The van der Waals surface area contributed by atoms with Gasteiger partial charge in [0.2, 0.25) is 11.8 Å². The van der Waals surface area contributed by atoms with Crippen LogP contribution in [0.2, 0.25) is 0 Å². The maximum absolute atomic E-state index is 12.9. The summed E-state index contributed by atoms with van der Waals surface area (Å²) >= 11 is 0. The van der Waals surface area contributed by atoms with Crippen LogP contribution in [0.4, 0.5) is 4.39 Å². The highest BCUT2D eigenvalue weighted by molar-refractivity contribution is 5.84. The third-order valence-corrected chi connectivity index (χ3v) is 5.82. The zero-order valence-corrected chi connectivity index (χ0v) is 13.6. The molecule has 1 saturated heterocycles. The van der Waals surface area contributed by atoms with Crippen LogP contribution in [0.15, 0.2) is 18.3 Å². The molecule has 0 bridgehead atoms. The van der Waals surface area contributed by atoms with Crippen molar-refractivity contribution in [2.75, 3.05) is 13.1 Å². The highest BCUT2D eigenvalue weighted by Gasteiger charge is 2.61. The topological polar surface area (TPSA) is 62.3 Å². The molecule has 6 heteroatoms. The minimum Gasteiger partial charge on any atom is -0.353 e. The smallest absolute Gasteiger partial charge is 0.228 e. The number of hydrogen-bond donors (Lipinski definition) is 1. The van der Waals surface area contributed by atoms with Gasteiger partial charge in [-0.2, -0.15) is 0 Å². The van der Waals surface area contributed by atoms with E-state index < -0.39 is 5.82 Å². The monoisotopic (exact) mass is 331 g/mol. The van der Waals surface area contributed by atoms with E-state index in [1.807, 2.05) is 4.90 Å². The first kappa shape index (κ1) is 15.5. The van der Waals surface area contributed by atoms with E-state index in [0.717, 1.165) is 31.9 Å². The number of carbonyl (C=O) groups excluding carboxylic acids is 2. The van der Waals surface area contributed by atoms with E-state index in [1.54, 1.807) is 6.07 Å². The number of hydrogen-bond acceptors (Lipinski definition) is 3. The van der Waals surface area contributed by atoms with Gasteiger partial charge in [-0.1, -0.05) is 0 Å². The first-order valence-corrected chi connectivity index (χ1v) is 8.74. The molecule has 2 amide bonds. The van der Waals surface area contributed by atoms with Gasteiger partial charge < -0.3 is 10.2 Å². The molecule has 0 radical (unpaired) electrons. The van der Waals surface area contributed by atoms with Gasteiger partial charge in [0.15, 0.2) is 0 Å². The molecule has 2 saturated carbocycles. The van der Waals surface area contributed by atoms with Gasteiger partial charge in [0.05, 0.1) is 12.6 Å². The Morgan fingerprint density at radius 3 is 2.88 bits per heavy atom. The molecular formula is C18H22FN3O2. The summed E-state index contributed by atoms with van der Waals surface area (Å²) in [5.74, 6) is -0.144. The fourth-order valence-electron chi connectivity index (χ4n) is 3.91. The summed E-state index contributed by atoms with van der Waals surface area (Å²) in [7, 11) is 0. The molecule has 24 heavy (non-hydrogen) atoms. The average Bonchev–Trinajstić information content (AvgIpc) is 3.05. The van der Waals surface area contributed by atoms with Gasteiger partial charge in [-0.25, -0.2) is 4.39 Å². The molecule has 1 aromatic heterocycles. The van der Waals surface area contributed by atoms with Crippen molar-refractivity contribution < 1.29 is 14.0 Å². The van der Waals surface area contributed by atoms with Crippen molar-refractivity contribution in [1.82, 2.24) is 15.2 Å². The summed E-state index contributed by atoms with van der Waals surface area (Å²) < 4.78 is 12.9. The van der Waals surface area contributed by atoms with E-state index in [2.05, 4.69) is 10.3 Å². The largest absolute Gasteiger partial charge is 0.353 e. The maximum Gasteiger partial charge on any atom is 0.228 e. The molecule has 128 valence electrons. The Kier molecular flexibility index (Phi) is 3.77. The number of rotatable bonds is 4. The van der Waals surface area contributed by atoms with Crippen molar-refractivity contribution >= 4 is 11.8 Å². The Labute approximate surface area is 140 Å². The van der Waals surface area contributed by atoms with Crippen LogP contribution in [-0.4, -0.2) is 40.8 Å². The van der Waals surface area contributed by atoms with Gasteiger partial charge in [-0.05, 0) is 44.2 Å². The van der Waals surface area contributed by atoms with Crippen molar-refractivity contribution in [3.8, 4) is 0 Å². The summed E-state index contributed by atoms with van der Waals surface area (Å²) in [6, 6.07) is 3.24. The van der Waals surface area contributed by atoms with Crippen LogP contribution in [0, 0.1) is 17.2 Å². The average molecular weight is 331 g/mol. The summed E-state index contributed by atoms with van der Waals surface area (Å²) in [5.41, 5.74) is 0.581. The van der Waals surface area contributed by atoms with E-state index in [-0.39, 0.29) is 29.6 Å². The quantitative estimate of drug-likeness (QED) is 0.913. The second-order valence-electron chi connectivity index (χ2n) is 7.47. The predicted octanol–water partition coefficient (Wildman–Crippen LogP) is 1.67. The third-order valence-electron chi connectivity index (χ3n) is 5.82. The Bertz CT molecular complexity index is 659. The lowest BCUT2D eigenvalue weighted by atomic mass is 9.92. The van der Waals surface area contributed by atoms with Gasteiger partial charge in [0.1, 0.15) is 5.82 Å². The van der Waals surface area contributed by atoms with Crippen molar-refractivity contribution in [2.24, 2.45) is 11.3 Å². The van der Waals surface area contributed by atoms with E-state index in [4.69, 9.17) is 0 Å². The summed E-state index contributed by atoms with van der Waals surface area (Å²) in [6.45, 7) is 1.36. The lowest BCUT2D eigenvalue weighted by Crippen LogP contribution is -2.41. The Balaban J connectivity index is 1.31. The van der Waals surface area contributed by atoms with E-state index in [9.17, 15) is 14.0 Å². The molecular weight excluding hydrogens is 309 g/mol. The molecule has 1 N–H and O–H groups in total. The number of carbonyl (C=O) groups is 2. The van der Waals surface area contributed by atoms with Gasteiger partial charge in [0, 0.05) is 36.2 Å². The molecule has 0 aromatic carbocycles. The number of nitrogens with zero attached hydrogens (tertiary/aromatic N) is 2. The van der Waals surface area contributed by atoms with Crippen molar-refractivity contribution in [3.63, 3.8) is 0 Å². The molecule has 5 nitrogen and oxygen atoms in total. The highest BCUT2D eigenvalue weighted by atomic mass is 19.1. The predicted molar refractivity (Wildman–Crippen MR) is 85.4 cm³/mol. The van der Waals surface area contributed by atoms with Gasteiger partial charge in [-0.15, -0.1) is 0 Å². The van der Waals surface area contributed by atoms with Crippen LogP contribution in [0.5, 0.6) is 0 Å². The van der Waals surface area contributed by atoms with Crippen molar-refractivity contribution in [3.05, 3.63) is 29.8 Å². The van der Waals surface area contributed by atoms with E-state index in [0.29, 0.717) is 24.8 Å². The standard InChI is InChI=1S/C18H22FN3O2/c19-12-4-5-14(20-10-12)8-16(23)22-7-6-18(11-22)9-15(18)17(24)21-13-2-1-3-13/h4-5,10,13,15H,1-3,6-9,11H2,(H,21,24). The van der Waals surface area contributed by atoms with Gasteiger partial charge in [-0.3, -0.25) is 14.6 Å². The molecule has 2 unspecified atom stereocenters. The molecule has 3 aliphatic rings. The van der Waals surface area contributed by atoms with Crippen LogP contribution in [-0.2, 0) is 16.0 Å². The molecule has 2 heterocycles. The van der Waals surface area contributed by atoms with Crippen LogP contribution >= 0.6 is 0 Å². The zero-order valence-electron chi connectivity index (χ0n) is 13.6. The fraction of sp³-hybridized carbons (Fsp3) is 0.611. The molecule has 2 aliphatic carbocycles. The zero-order chi connectivity index (χ0) is 16.7. The normalized spacial score (nSPS) is 28.7. The Hall–Kier alpha value is -1.98. The molecule has 1 aliphatic heterocycles. The fourth-order valence-corrected chi connectivity index (χ4v) is 3.91. The summed E-state index contributed by atoms with van der Waals surface area (Å²) in [5, 5.41) is 3.13. The van der Waals surface area contributed by atoms with Gasteiger partial charge >= 0.3 is 0 Å². The number of amides is 2. The number of aromatic nitrogens is 1. The Morgan fingerprint density at radius 2 is 2.21 bits per heavy atom. The van der Waals surface area contributed by atoms with E-state index in [1.165, 1.54) is 12.5 Å². The highest BCUT2D eigenvalue weighted by Crippen LogP contribution is 2.58. The number of pyridine rings is 1. The molecule has 2 atom stereocenters. The summed E-state index contributed by atoms with van der Waals surface area (Å²) in [6.07, 6.45) is 6.52. The SMILES string of the molecule is O=C(NC1CCC1)C1CC12CCN(C(=O)Cc1ccc(F)cn1)C2. The van der Waals surface area contributed by atoms with Gasteiger partial charge in [0.25, 0.3) is 0 Å².